The number of hydrogen-bond donors (Lipinski definition) is 1. The fourth-order valence-corrected chi connectivity index (χ4v) is 2.68. The third kappa shape index (κ3) is 3.15. The lowest BCUT2D eigenvalue weighted by Crippen LogP contribution is -2.37. The normalized spacial score (nSPS) is 20.4. The minimum absolute atomic E-state index is 0.0240. The molecule has 24 heavy (non-hydrogen) atoms. The Bertz CT molecular complexity index is 828. The first-order valence-electron chi connectivity index (χ1n) is 8.02. The van der Waals surface area contributed by atoms with Crippen molar-refractivity contribution in [2.45, 2.75) is 26.8 Å². The van der Waals surface area contributed by atoms with E-state index in [1.807, 2.05) is 37.3 Å². The lowest BCUT2D eigenvalue weighted by molar-refractivity contribution is -0.153. The zero-order valence-corrected chi connectivity index (χ0v) is 13.8. The van der Waals surface area contributed by atoms with E-state index in [4.69, 9.17) is 4.74 Å². The van der Waals surface area contributed by atoms with E-state index >= 15 is 0 Å². The van der Waals surface area contributed by atoms with Gasteiger partial charge < -0.3 is 10.1 Å². The molecule has 1 aliphatic heterocycles. The maximum absolute atomic E-state index is 12.4. The highest BCUT2D eigenvalue weighted by Crippen LogP contribution is 2.30. The molecule has 1 amide bonds. The lowest BCUT2D eigenvalue weighted by Gasteiger charge is -2.28. The number of nitrogens with zero attached hydrogens (tertiary/aromatic N) is 1. The molecule has 2 aromatic rings. The number of benzene rings is 1. The van der Waals surface area contributed by atoms with Crippen molar-refractivity contribution in [2.24, 2.45) is 5.41 Å². The lowest BCUT2D eigenvalue weighted by atomic mass is 9.84. The highest BCUT2D eigenvalue weighted by molar-refractivity contribution is 5.96. The Morgan fingerprint density at radius 2 is 2.17 bits per heavy atom. The van der Waals surface area contributed by atoms with Gasteiger partial charge in [-0.1, -0.05) is 31.2 Å². The molecule has 1 atom stereocenters. The molecule has 0 bridgehead atoms. The second-order valence-corrected chi connectivity index (χ2v) is 6.24. The van der Waals surface area contributed by atoms with Crippen LogP contribution in [0.2, 0.25) is 0 Å². The van der Waals surface area contributed by atoms with Gasteiger partial charge in [0.15, 0.2) is 0 Å². The predicted octanol–water partition coefficient (Wildman–Crippen LogP) is 2.75. The van der Waals surface area contributed by atoms with Gasteiger partial charge in [0.1, 0.15) is 6.61 Å². The molecule has 0 saturated heterocycles. The standard InChI is InChI=1S/C19H20N2O3/c1-3-19(2)9-15(12-24-18(19)23)17(22)21-11-13-8-14-6-4-5-7-16(14)20-10-13/h4-10H,3,11-12H2,1-2H3,(H,21,22)/t19-/m1/s1. The SMILES string of the molecule is CC[C@]1(C)C=C(C(=O)NCc2cnc3ccccc3c2)COC1=O. The summed E-state index contributed by atoms with van der Waals surface area (Å²) < 4.78 is 5.15. The first kappa shape index (κ1) is 16.2. The molecule has 0 aliphatic carbocycles. The molecule has 1 aromatic heterocycles. The maximum atomic E-state index is 12.4. The van der Waals surface area contributed by atoms with E-state index in [1.54, 1.807) is 19.2 Å². The number of carbonyl (C=O) groups excluding carboxylic acids is 2. The van der Waals surface area contributed by atoms with Gasteiger partial charge in [-0.25, -0.2) is 0 Å². The molecular formula is C19H20N2O3. The molecule has 0 saturated carbocycles. The third-order valence-corrected chi connectivity index (χ3v) is 4.44. The van der Waals surface area contributed by atoms with Gasteiger partial charge in [0, 0.05) is 18.1 Å². The number of ether oxygens (including phenoxy) is 1. The average Bonchev–Trinajstić information content (AvgIpc) is 2.62. The summed E-state index contributed by atoms with van der Waals surface area (Å²) in [5.41, 5.74) is 1.62. The van der Waals surface area contributed by atoms with Gasteiger partial charge in [0.25, 0.3) is 5.91 Å². The number of fused-ring (bicyclic) bond motifs is 1. The third-order valence-electron chi connectivity index (χ3n) is 4.44. The summed E-state index contributed by atoms with van der Waals surface area (Å²) in [6.45, 7) is 4.09. The Morgan fingerprint density at radius 3 is 2.96 bits per heavy atom. The molecule has 0 spiro atoms. The monoisotopic (exact) mass is 324 g/mol. The summed E-state index contributed by atoms with van der Waals surface area (Å²) in [7, 11) is 0. The van der Waals surface area contributed by atoms with Crippen LogP contribution in [0.5, 0.6) is 0 Å². The van der Waals surface area contributed by atoms with Crippen molar-refractivity contribution in [3.63, 3.8) is 0 Å². The van der Waals surface area contributed by atoms with E-state index in [0.29, 0.717) is 18.5 Å². The van der Waals surface area contributed by atoms with Crippen LogP contribution in [0.4, 0.5) is 0 Å². The second kappa shape index (κ2) is 6.43. The Morgan fingerprint density at radius 1 is 1.38 bits per heavy atom. The number of nitrogens with one attached hydrogen (secondary N) is 1. The fourth-order valence-electron chi connectivity index (χ4n) is 2.68. The number of esters is 1. The Balaban J connectivity index is 1.70. The van der Waals surface area contributed by atoms with Crippen LogP contribution < -0.4 is 5.32 Å². The zero-order chi connectivity index (χ0) is 17.2. The molecule has 1 aromatic carbocycles. The summed E-state index contributed by atoms with van der Waals surface area (Å²) in [5, 5.41) is 3.91. The highest BCUT2D eigenvalue weighted by atomic mass is 16.5. The fraction of sp³-hybridized carbons (Fsp3) is 0.316. The average molecular weight is 324 g/mol. The number of hydrogen-bond acceptors (Lipinski definition) is 4. The zero-order valence-electron chi connectivity index (χ0n) is 13.8. The van der Waals surface area contributed by atoms with E-state index < -0.39 is 5.41 Å². The van der Waals surface area contributed by atoms with Crippen molar-refractivity contribution in [3.05, 3.63) is 53.7 Å². The molecule has 124 valence electrons. The first-order valence-corrected chi connectivity index (χ1v) is 8.02. The van der Waals surface area contributed by atoms with Crippen LogP contribution in [0, 0.1) is 5.41 Å². The molecule has 0 fully saturated rings. The Labute approximate surface area is 140 Å². The van der Waals surface area contributed by atoms with Gasteiger partial charge in [-0.3, -0.25) is 14.6 Å². The van der Waals surface area contributed by atoms with Gasteiger partial charge in [-0.05, 0) is 31.0 Å². The summed E-state index contributed by atoms with van der Waals surface area (Å²) in [6, 6.07) is 9.85. The number of amides is 1. The minimum atomic E-state index is -0.727. The molecule has 5 heteroatoms. The van der Waals surface area contributed by atoms with Crippen LogP contribution in [-0.4, -0.2) is 23.5 Å². The van der Waals surface area contributed by atoms with E-state index in [9.17, 15) is 9.59 Å². The Hall–Kier alpha value is -2.69. The van der Waals surface area contributed by atoms with E-state index in [0.717, 1.165) is 16.5 Å². The van der Waals surface area contributed by atoms with Crippen molar-refractivity contribution < 1.29 is 14.3 Å². The summed E-state index contributed by atoms with van der Waals surface area (Å²) in [5.74, 6) is -0.490. The molecular weight excluding hydrogens is 304 g/mol. The van der Waals surface area contributed by atoms with Gasteiger partial charge in [0.2, 0.25) is 0 Å². The predicted molar refractivity (Wildman–Crippen MR) is 91.0 cm³/mol. The first-order chi connectivity index (χ1) is 11.5. The highest BCUT2D eigenvalue weighted by Gasteiger charge is 2.36. The van der Waals surface area contributed by atoms with Crippen LogP contribution >= 0.6 is 0 Å². The van der Waals surface area contributed by atoms with Crippen LogP contribution in [0.15, 0.2) is 48.2 Å². The van der Waals surface area contributed by atoms with E-state index in [2.05, 4.69) is 10.3 Å². The number of aromatic nitrogens is 1. The molecule has 0 radical (unpaired) electrons. The van der Waals surface area contributed by atoms with Crippen molar-refractivity contribution in [1.82, 2.24) is 10.3 Å². The second-order valence-electron chi connectivity index (χ2n) is 6.24. The molecule has 5 nitrogen and oxygen atoms in total. The van der Waals surface area contributed by atoms with Crippen molar-refractivity contribution in [2.75, 3.05) is 6.61 Å². The van der Waals surface area contributed by atoms with Gasteiger partial charge >= 0.3 is 5.97 Å². The van der Waals surface area contributed by atoms with E-state index in [-0.39, 0.29) is 18.5 Å². The molecule has 1 aliphatic rings. The molecule has 2 heterocycles. The van der Waals surface area contributed by atoms with Crippen molar-refractivity contribution in [3.8, 4) is 0 Å². The topological polar surface area (TPSA) is 68.3 Å². The summed E-state index contributed by atoms with van der Waals surface area (Å²) in [6.07, 6.45) is 4.08. The van der Waals surface area contributed by atoms with Gasteiger partial charge in [-0.2, -0.15) is 0 Å². The largest absolute Gasteiger partial charge is 0.460 e. The quantitative estimate of drug-likeness (QED) is 0.878. The van der Waals surface area contributed by atoms with Crippen LogP contribution in [-0.2, 0) is 20.9 Å². The van der Waals surface area contributed by atoms with Crippen LogP contribution in [0.1, 0.15) is 25.8 Å². The van der Waals surface area contributed by atoms with Crippen LogP contribution in [0.3, 0.4) is 0 Å². The number of para-hydroxylation sites is 1. The number of rotatable bonds is 4. The van der Waals surface area contributed by atoms with Gasteiger partial charge in [0.05, 0.1) is 16.5 Å². The van der Waals surface area contributed by atoms with Crippen LogP contribution in [0.25, 0.3) is 10.9 Å². The number of carbonyl (C=O) groups is 2. The smallest absolute Gasteiger partial charge is 0.316 e. The number of pyridine rings is 1. The van der Waals surface area contributed by atoms with Crippen molar-refractivity contribution in [1.29, 1.82) is 0 Å². The maximum Gasteiger partial charge on any atom is 0.316 e. The molecule has 0 unspecified atom stereocenters. The minimum Gasteiger partial charge on any atom is -0.460 e. The summed E-state index contributed by atoms with van der Waals surface area (Å²) in [4.78, 5) is 28.5. The number of cyclic esters (lactones) is 1. The molecule has 3 rings (SSSR count). The van der Waals surface area contributed by atoms with Crippen molar-refractivity contribution >= 4 is 22.8 Å². The van der Waals surface area contributed by atoms with E-state index in [1.165, 1.54) is 0 Å². The Kier molecular flexibility index (Phi) is 4.34. The summed E-state index contributed by atoms with van der Waals surface area (Å²) >= 11 is 0. The molecule has 1 N–H and O–H groups in total. The van der Waals surface area contributed by atoms with Gasteiger partial charge in [-0.15, -0.1) is 0 Å².